The number of piperazine rings is 1. The van der Waals surface area contributed by atoms with Crippen LogP contribution in [0.1, 0.15) is 5.56 Å². The van der Waals surface area contributed by atoms with E-state index in [4.69, 9.17) is 4.98 Å². The predicted molar refractivity (Wildman–Crippen MR) is 117 cm³/mol. The number of hydrogen-bond donors (Lipinski definition) is 0. The van der Waals surface area contributed by atoms with E-state index in [1.165, 1.54) is 21.7 Å². The highest BCUT2D eigenvalue weighted by Crippen LogP contribution is 2.34. The summed E-state index contributed by atoms with van der Waals surface area (Å²) in [6.07, 6.45) is 2.32. The van der Waals surface area contributed by atoms with Gasteiger partial charge in [-0.25, -0.2) is 4.98 Å². The van der Waals surface area contributed by atoms with Crippen LogP contribution in [0.5, 0.6) is 0 Å². The molecule has 7 nitrogen and oxygen atoms in total. The van der Waals surface area contributed by atoms with Crippen LogP contribution in [0.15, 0.2) is 47.4 Å². The summed E-state index contributed by atoms with van der Waals surface area (Å²) < 4.78 is 1.18. The maximum Gasteiger partial charge on any atom is 0.269 e. The molecule has 1 fully saturated rings. The van der Waals surface area contributed by atoms with E-state index in [1.807, 2.05) is 4.90 Å². The fourth-order valence-corrected chi connectivity index (χ4v) is 5.05. The molecular weight excluding hydrogens is 408 g/mol. The normalized spacial score (nSPS) is 14.4. The molecule has 0 N–H and O–H groups in total. The summed E-state index contributed by atoms with van der Waals surface area (Å²) in [5.41, 5.74) is 1.88. The monoisotopic (exact) mass is 428 g/mol. The number of thioether (sulfide) groups is 1. The van der Waals surface area contributed by atoms with Gasteiger partial charge in [0.1, 0.15) is 0 Å². The number of nitrogens with zero attached hydrogens (tertiary/aromatic N) is 4. The summed E-state index contributed by atoms with van der Waals surface area (Å²) in [5.74, 6) is 0.0486. The summed E-state index contributed by atoms with van der Waals surface area (Å²) in [6.45, 7) is 2.80. The number of carbonyl (C=O) groups excluding carboxylic acids is 1. The van der Waals surface area contributed by atoms with Crippen molar-refractivity contribution in [1.29, 1.82) is 0 Å². The standard InChI is InChI=1S/C20H20N4O3S2/c1-28-16-3-2-4-17-19(16)21-20(29-17)23-11-9-22(10-12-23)18(25)13-14-5-7-15(8-6-14)24(26)27/h2-8H,9-13H2,1H3. The van der Waals surface area contributed by atoms with Crippen molar-refractivity contribution < 1.29 is 9.72 Å². The number of hydrogen-bond acceptors (Lipinski definition) is 7. The quantitative estimate of drug-likeness (QED) is 0.349. The molecule has 29 heavy (non-hydrogen) atoms. The van der Waals surface area contributed by atoms with E-state index in [9.17, 15) is 14.9 Å². The Hall–Kier alpha value is -2.65. The summed E-state index contributed by atoms with van der Waals surface area (Å²) in [4.78, 5) is 33.0. The highest BCUT2D eigenvalue weighted by atomic mass is 32.2. The zero-order chi connectivity index (χ0) is 20.4. The Morgan fingerprint density at radius 1 is 1.17 bits per heavy atom. The molecule has 0 radical (unpaired) electrons. The third-order valence-corrected chi connectivity index (χ3v) is 6.85. The minimum absolute atomic E-state index is 0.0373. The van der Waals surface area contributed by atoms with E-state index >= 15 is 0 Å². The highest BCUT2D eigenvalue weighted by molar-refractivity contribution is 7.98. The lowest BCUT2D eigenvalue weighted by atomic mass is 10.1. The van der Waals surface area contributed by atoms with E-state index in [-0.39, 0.29) is 18.0 Å². The minimum atomic E-state index is -0.436. The van der Waals surface area contributed by atoms with Crippen LogP contribution in [0, 0.1) is 10.1 Å². The number of para-hydroxylation sites is 1. The Balaban J connectivity index is 1.37. The Labute approximate surface area is 176 Å². The number of anilines is 1. The van der Waals surface area contributed by atoms with Gasteiger partial charge >= 0.3 is 0 Å². The third kappa shape index (κ3) is 4.20. The first-order valence-corrected chi connectivity index (χ1v) is 11.3. The van der Waals surface area contributed by atoms with Crippen molar-refractivity contribution in [1.82, 2.24) is 9.88 Å². The molecule has 1 aliphatic rings. The lowest BCUT2D eigenvalue weighted by Crippen LogP contribution is -2.49. The molecule has 3 aromatic rings. The Kier molecular flexibility index (Phi) is 5.68. The Morgan fingerprint density at radius 2 is 1.90 bits per heavy atom. The highest BCUT2D eigenvalue weighted by Gasteiger charge is 2.23. The second kappa shape index (κ2) is 8.38. The fraction of sp³-hybridized carbons (Fsp3) is 0.300. The van der Waals surface area contributed by atoms with Crippen molar-refractivity contribution in [3.05, 3.63) is 58.1 Å². The van der Waals surface area contributed by atoms with Gasteiger partial charge in [-0.15, -0.1) is 11.8 Å². The Bertz CT molecular complexity index is 1040. The van der Waals surface area contributed by atoms with Gasteiger partial charge in [0.15, 0.2) is 5.13 Å². The zero-order valence-electron chi connectivity index (χ0n) is 15.9. The van der Waals surface area contributed by atoms with Crippen molar-refractivity contribution in [2.45, 2.75) is 11.3 Å². The average molecular weight is 429 g/mol. The molecule has 1 amide bonds. The van der Waals surface area contributed by atoms with Crippen molar-refractivity contribution in [3.63, 3.8) is 0 Å². The first-order valence-electron chi connectivity index (χ1n) is 9.25. The molecule has 0 atom stereocenters. The summed E-state index contributed by atoms with van der Waals surface area (Å²) in [5, 5.41) is 11.7. The number of thiazole rings is 1. The van der Waals surface area contributed by atoms with Crippen LogP contribution in [0.2, 0.25) is 0 Å². The molecule has 0 spiro atoms. The van der Waals surface area contributed by atoms with Crippen LogP contribution < -0.4 is 4.90 Å². The number of aromatic nitrogens is 1. The number of non-ortho nitro benzene ring substituents is 1. The predicted octanol–water partition coefficient (Wildman–Crippen LogP) is 3.82. The van der Waals surface area contributed by atoms with Crippen LogP contribution in [-0.2, 0) is 11.2 Å². The lowest BCUT2D eigenvalue weighted by molar-refractivity contribution is -0.384. The van der Waals surface area contributed by atoms with Gasteiger partial charge in [-0.3, -0.25) is 14.9 Å². The third-order valence-electron chi connectivity index (χ3n) is 5.00. The molecule has 9 heteroatoms. The first-order chi connectivity index (χ1) is 14.0. The summed E-state index contributed by atoms with van der Waals surface area (Å²) in [6, 6.07) is 12.4. The van der Waals surface area contributed by atoms with Crippen molar-refractivity contribution in [3.8, 4) is 0 Å². The molecule has 1 saturated heterocycles. The van der Waals surface area contributed by atoms with Gasteiger partial charge in [-0.1, -0.05) is 29.5 Å². The zero-order valence-corrected chi connectivity index (χ0v) is 17.5. The first kappa shape index (κ1) is 19.7. The van der Waals surface area contributed by atoms with Gasteiger partial charge in [-0.2, -0.15) is 0 Å². The van der Waals surface area contributed by atoms with Crippen molar-refractivity contribution in [2.75, 3.05) is 37.3 Å². The molecule has 2 aromatic carbocycles. The SMILES string of the molecule is CSc1cccc2sc(N3CCN(C(=O)Cc4ccc([N+](=O)[O-])cc4)CC3)nc12. The van der Waals surface area contributed by atoms with E-state index in [0.717, 1.165) is 29.3 Å². The van der Waals surface area contributed by atoms with Crippen molar-refractivity contribution >= 4 is 50.0 Å². The molecule has 0 unspecified atom stereocenters. The van der Waals surface area contributed by atoms with Crippen LogP contribution in [0.3, 0.4) is 0 Å². The summed E-state index contributed by atoms with van der Waals surface area (Å²) in [7, 11) is 0. The average Bonchev–Trinajstić information content (AvgIpc) is 3.18. The molecule has 0 aliphatic carbocycles. The van der Waals surface area contributed by atoms with Crippen LogP contribution in [0.25, 0.3) is 10.2 Å². The van der Waals surface area contributed by atoms with E-state index in [1.54, 1.807) is 35.2 Å². The van der Waals surface area contributed by atoms with Crippen LogP contribution >= 0.6 is 23.1 Å². The second-order valence-corrected chi connectivity index (χ2v) is 8.63. The van der Waals surface area contributed by atoms with Gasteiger partial charge < -0.3 is 9.80 Å². The van der Waals surface area contributed by atoms with Gasteiger partial charge in [0, 0.05) is 43.2 Å². The molecule has 1 aromatic heterocycles. The fourth-order valence-electron chi connectivity index (χ4n) is 3.38. The molecule has 2 heterocycles. The van der Waals surface area contributed by atoms with Gasteiger partial charge in [0.05, 0.1) is 21.6 Å². The molecule has 0 bridgehead atoms. The number of amides is 1. The summed E-state index contributed by atoms with van der Waals surface area (Å²) >= 11 is 3.39. The van der Waals surface area contributed by atoms with Gasteiger partial charge in [-0.05, 0) is 24.0 Å². The molecule has 1 aliphatic heterocycles. The Morgan fingerprint density at radius 3 is 2.55 bits per heavy atom. The van der Waals surface area contributed by atoms with E-state index < -0.39 is 4.92 Å². The minimum Gasteiger partial charge on any atom is -0.345 e. The van der Waals surface area contributed by atoms with Gasteiger partial charge in [0.2, 0.25) is 5.91 Å². The van der Waals surface area contributed by atoms with Gasteiger partial charge in [0.25, 0.3) is 5.69 Å². The number of fused-ring (bicyclic) bond motifs is 1. The molecular formula is C20H20N4O3S2. The van der Waals surface area contributed by atoms with E-state index in [0.29, 0.717) is 13.1 Å². The molecule has 4 rings (SSSR count). The second-order valence-electron chi connectivity index (χ2n) is 6.77. The van der Waals surface area contributed by atoms with Crippen LogP contribution in [-0.4, -0.2) is 53.1 Å². The number of rotatable bonds is 5. The number of nitro groups is 1. The lowest BCUT2D eigenvalue weighted by Gasteiger charge is -2.34. The smallest absolute Gasteiger partial charge is 0.269 e. The van der Waals surface area contributed by atoms with E-state index in [2.05, 4.69) is 29.4 Å². The molecule has 0 saturated carbocycles. The largest absolute Gasteiger partial charge is 0.345 e. The number of carbonyl (C=O) groups is 1. The number of benzene rings is 2. The maximum absolute atomic E-state index is 12.6. The topological polar surface area (TPSA) is 79.6 Å². The van der Waals surface area contributed by atoms with Crippen molar-refractivity contribution in [2.24, 2.45) is 0 Å². The maximum atomic E-state index is 12.6. The number of nitro benzene ring substituents is 1. The van der Waals surface area contributed by atoms with Crippen LogP contribution in [0.4, 0.5) is 10.8 Å². The molecule has 150 valence electrons.